The van der Waals surface area contributed by atoms with E-state index in [0.29, 0.717) is 16.5 Å². The number of hydrogen-bond acceptors (Lipinski definition) is 5. The van der Waals surface area contributed by atoms with E-state index < -0.39 is 11.9 Å². The smallest absolute Gasteiger partial charge is 0.336 e. The number of carbonyl (C=O) groups is 3. The van der Waals surface area contributed by atoms with Gasteiger partial charge in [0.05, 0.1) is 21.9 Å². The van der Waals surface area contributed by atoms with Crippen LogP contribution in [0.2, 0.25) is 5.02 Å². The lowest BCUT2D eigenvalue weighted by molar-refractivity contribution is -0.113. The van der Waals surface area contributed by atoms with Crippen molar-refractivity contribution < 1.29 is 19.5 Å². The van der Waals surface area contributed by atoms with Crippen molar-refractivity contribution in [2.75, 3.05) is 16.4 Å². The average molecular weight is 442 g/mol. The van der Waals surface area contributed by atoms with Crippen molar-refractivity contribution in [3.63, 3.8) is 0 Å². The number of rotatable bonds is 7. The third-order valence-electron chi connectivity index (χ3n) is 3.86. The van der Waals surface area contributed by atoms with E-state index in [1.807, 2.05) is 0 Å². The van der Waals surface area contributed by atoms with Crippen LogP contribution in [-0.2, 0) is 4.79 Å². The highest BCUT2D eigenvalue weighted by atomic mass is 35.5. The van der Waals surface area contributed by atoms with E-state index in [9.17, 15) is 19.5 Å². The van der Waals surface area contributed by atoms with Gasteiger partial charge in [0, 0.05) is 16.8 Å². The molecule has 152 valence electrons. The van der Waals surface area contributed by atoms with Crippen LogP contribution in [0.5, 0.6) is 0 Å². The number of halogens is 1. The van der Waals surface area contributed by atoms with Gasteiger partial charge < -0.3 is 15.7 Å². The summed E-state index contributed by atoms with van der Waals surface area (Å²) in [6.07, 6.45) is 1.44. The fraction of sp³-hybridized carbons (Fsp3) is 0.0476. The summed E-state index contributed by atoms with van der Waals surface area (Å²) in [5, 5.41) is 15.1. The van der Waals surface area contributed by atoms with E-state index in [-0.39, 0.29) is 22.8 Å². The second kappa shape index (κ2) is 9.91. The molecule has 30 heavy (non-hydrogen) atoms. The minimum atomic E-state index is -1.17. The van der Waals surface area contributed by atoms with Crippen molar-refractivity contribution in [3.05, 3.63) is 83.0 Å². The first-order valence-corrected chi connectivity index (χ1v) is 10.1. The summed E-state index contributed by atoms with van der Waals surface area (Å²) in [7, 11) is 0. The van der Waals surface area contributed by atoms with Gasteiger partial charge in [0.25, 0.3) is 5.91 Å². The highest BCUT2D eigenvalue weighted by Crippen LogP contribution is 2.23. The monoisotopic (exact) mass is 441 g/mol. The lowest BCUT2D eigenvalue weighted by Gasteiger charge is -2.09. The van der Waals surface area contributed by atoms with Crippen LogP contribution in [0, 0.1) is 0 Å². The SMILES string of the molecule is O=C(CSc1cccc(NC(=O)c2ccccc2C(=O)O)c1)Nc1ccc(Cl)cn1. The van der Waals surface area contributed by atoms with Gasteiger partial charge in [0.2, 0.25) is 5.91 Å². The summed E-state index contributed by atoms with van der Waals surface area (Å²) >= 11 is 7.05. The summed E-state index contributed by atoms with van der Waals surface area (Å²) in [6, 6.07) is 16.2. The van der Waals surface area contributed by atoms with Gasteiger partial charge in [-0.05, 0) is 42.5 Å². The summed E-state index contributed by atoms with van der Waals surface area (Å²) in [6.45, 7) is 0. The third kappa shape index (κ3) is 5.82. The molecule has 0 radical (unpaired) electrons. The normalized spacial score (nSPS) is 10.3. The number of amides is 2. The second-order valence-corrected chi connectivity index (χ2v) is 7.52. The Morgan fingerprint density at radius 1 is 0.967 bits per heavy atom. The van der Waals surface area contributed by atoms with Crippen molar-refractivity contribution in [1.82, 2.24) is 4.98 Å². The molecule has 0 aliphatic rings. The van der Waals surface area contributed by atoms with Crippen molar-refractivity contribution in [2.45, 2.75) is 4.90 Å². The van der Waals surface area contributed by atoms with Crippen molar-refractivity contribution >= 4 is 52.7 Å². The molecule has 2 aromatic carbocycles. The van der Waals surface area contributed by atoms with Gasteiger partial charge in [0.1, 0.15) is 5.82 Å². The Bertz CT molecular complexity index is 1090. The van der Waals surface area contributed by atoms with Gasteiger partial charge in [-0.3, -0.25) is 9.59 Å². The number of thioether (sulfide) groups is 1. The van der Waals surface area contributed by atoms with Crippen LogP contribution < -0.4 is 10.6 Å². The molecule has 0 saturated carbocycles. The number of carboxylic acids is 1. The van der Waals surface area contributed by atoms with Crippen LogP contribution in [0.1, 0.15) is 20.7 Å². The second-order valence-electron chi connectivity index (χ2n) is 6.03. The molecule has 0 aliphatic heterocycles. The summed E-state index contributed by atoms with van der Waals surface area (Å²) < 4.78 is 0. The summed E-state index contributed by atoms with van der Waals surface area (Å²) in [5.74, 6) is -1.39. The van der Waals surface area contributed by atoms with Gasteiger partial charge in [-0.2, -0.15) is 0 Å². The molecular weight excluding hydrogens is 426 g/mol. The largest absolute Gasteiger partial charge is 0.478 e. The minimum Gasteiger partial charge on any atom is -0.478 e. The maximum Gasteiger partial charge on any atom is 0.336 e. The predicted molar refractivity (Wildman–Crippen MR) is 116 cm³/mol. The lowest BCUT2D eigenvalue weighted by Crippen LogP contribution is -2.16. The Labute approximate surface area is 181 Å². The number of aromatic carboxylic acids is 1. The zero-order chi connectivity index (χ0) is 21.5. The fourth-order valence-electron chi connectivity index (χ4n) is 2.51. The Kier molecular flexibility index (Phi) is 7.05. The molecule has 1 heterocycles. The van der Waals surface area contributed by atoms with E-state index in [2.05, 4.69) is 15.6 Å². The van der Waals surface area contributed by atoms with Gasteiger partial charge >= 0.3 is 5.97 Å². The zero-order valence-corrected chi connectivity index (χ0v) is 17.0. The number of carboxylic acid groups (broad SMARTS) is 1. The molecule has 2 amide bonds. The van der Waals surface area contributed by atoms with Crippen molar-refractivity contribution in [2.24, 2.45) is 0 Å². The number of hydrogen-bond donors (Lipinski definition) is 3. The molecule has 0 spiro atoms. The van der Waals surface area contributed by atoms with Crippen molar-refractivity contribution in [3.8, 4) is 0 Å². The van der Waals surface area contributed by atoms with E-state index in [1.54, 1.807) is 48.5 Å². The first-order chi connectivity index (χ1) is 14.4. The molecule has 0 aliphatic carbocycles. The number of benzene rings is 2. The number of aromatic nitrogens is 1. The van der Waals surface area contributed by atoms with Crippen LogP contribution in [0.4, 0.5) is 11.5 Å². The molecule has 1 aromatic heterocycles. The number of carbonyl (C=O) groups excluding carboxylic acids is 2. The highest BCUT2D eigenvalue weighted by Gasteiger charge is 2.16. The van der Waals surface area contributed by atoms with Gasteiger partial charge in [-0.25, -0.2) is 9.78 Å². The third-order valence-corrected chi connectivity index (χ3v) is 5.08. The van der Waals surface area contributed by atoms with E-state index in [4.69, 9.17) is 11.6 Å². The quantitative estimate of drug-likeness (QED) is 0.468. The Morgan fingerprint density at radius 3 is 2.43 bits per heavy atom. The average Bonchev–Trinajstić information content (AvgIpc) is 2.74. The summed E-state index contributed by atoms with van der Waals surface area (Å²) in [4.78, 5) is 40.6. The molecular formula is C21H16ClN3O4S. The minimum absolute atomic E-state index is 0.0675. The predicted octanol–water partition coefficient (Wildman–Crippen LogP) is 4.42. The molecule has 7 nitrogen and oxygen atoms in total. The van der Waals surface area contributed by atoms with Crippen LogP contribution in [-0.4, -0.2) is 33.6 Å². The molecule has 3 aromatic rings. The van der Waals surface area contributed by atoms with E-state index >= 15 is 0 Å². The maximum atomic E-state index is 12.5. The topological polar surface area (TPSA) is 108 Å². The number of anilines is 2. The molecule has 0 fully saturated rings. The van der Waals surface area contributed by atoms with Gasteiger partial charge in [-0.15, -0.1) is 11.8 Å². The molecule has 0 atom stereocenters. The van der Waals surface area contributed by atoms with Gasteiger partial charge in [0.15, 0.2) is 0 Å². The molecule has 0 saturated heterocycles. The molecule has 3 rings (SSSR count). The molecule has 9 heteroatoms. The van der Waals surface area contributed by atoms with E-state index in [1.165, 1.54) is 30.1 Å². The first kappa shape index (κ1) is 21.4. The maximum absolute atomic E-state index is 12.5. The highest BCUT2D eigenvalue weighted by molar-refractivity contribution is 8.00. The number of nitrogens with zero attached hydrogens (tertiary/aromatic N) is 1. The first-order valence-electron chi connectivity index (χ1n) is 8.70. The standard InChI is InChI=1S/C21H16ClN3O4S/c22-13-8-9-18(23-11-13)25-19(26)12-30-15-5-3-4-14(10-15)24-20(27)16-6-1-2-7-17(16)21(28)29/h1-11H,12H2,(H,24,27)(H,28,29)(H,23,25,26). The number of nitrogens with one attached hydrogen (secondary N) is 2. The Balaban J connectivity index is 1.61. The fourth-order valence-corrected chi connectivity index (χ4v) is 3.37. The Morgan fingerprint density at radius 2 is 1.73 bits per heavy atom. The van der Waals surface area contributed by atoms with Crippen LogP contribution >= 0.6 is 23.4 Å². The van der Waals surface area contributed by atoms with Gasteiger partial charge in [-0.1, -0.05) is 29.8 Å². The van der Waals surface area contributed by atoms with Crippen LogP contribution in [0.15, 0.2) is 71.8 Å². The Hall–Kier alpha value is -3.36. The van der Waals surface area contributed by atoms with E-state index in [0.717, 1.165) is 4.90 Å². The zero-order valence-electron chi connectivity index (χ0n) is 15.5. The van der Waals surface area contributed by atoms with Crippen molar-refractivity contribution in [1.29, 1.82) is 0 Å². The lowest BCUT2D eigenvalue weighted by atomic mass is 10.1. The van der Waals surface area contributed by atoms with Crippen LogP contribution in [0.3, 0.4) is 0 Å². The molecule has 3 N–H and O–H groups in total. The molecule has 0 unspecified atom stereocenters. The van der Waals surface area contributed by atoms with Crippen LogP contribution in [0.25, 0.3) is 0 Å². The molecule has 0 bridgehead atoms. The number of pyridine rings is 1. The summed E-state index contributed by atoms with van der Waals surface area (Å²) in [5.41, 5.74) is 0.482.